The Hall–Kier alpha value is -4.45. The van der Waals surface area contributed by atoms with E-state index in [2.05, 4.69) is 32.3 Å². The predicted octanol–water partition coefficient (Wildman–Crippen LogP) is 4.24. The third kappa shape index (κ3) is 5.59. The maximum atomic E-state index is 13.5. The zero-order chi connectivity index (χ0) is 26.6. The number of carbonyl (C=O) groups is 2. The maximum absolute atomic E-state index is 13.5. The zero-order valence-corrected chi connectivity index (χ0v) is 21.0. The van der Waals surface area contributed by atoms with Crippen molar-refractivity contribution in [3.63, 3.8) is 0 Å². The molecule has 5 rings (SSSR count). The molecule has 0 radical (unpaired) electrons. The van der Waals surface area contributed by atoms with Crippen LogP contribution in [0.4, 0.5) is 18.7 Å². The third-order valence-electron chi connectivity index (χ3n) is 5.87. The van der Waals surface area contributed by atoms with E-state index in [-0.39, 0.29) is 24.3 Å². The van der Waals surface area contributed by atoms with Crippen LogP contribution in [-0.4, -0.2) is 49.7 Å². The number of nitrogens with zero attached hydrogens (tertiary/aromatic N) is 5. The van der Waals surface area contributed by atoms with Gasteiger partial charge in [0, 0.05) is 35.5 Å². The average molecular weight is 536 g/mol. The summed E-state index contributed by atoms with van der Waals surface area (Å²) in [5.41, 5.74) is 2.03. The van der Waals surface area contributed by atoms with Crippen molar-refractivity contribution in [1.29, 1.82) is 0 Å². The number of halogens is 2. The van der Waals surface area contributed by atoms with Crippen LogP contribution in [0.2, 0.25) is 0 Å². The summed E-state index contributed by atoms with van der Waals surface area (Å²) in [4.78, 5) is 36.9. The Bertz CT molecular complexity index is 1480. The van der Waals surface area contributed by atoms with E-state index in [1.165, 1.54) is 40.3 Å². The van der Waals surface area contributed by atoms with Crippen LogP contribution >= 0.6 is 11.3 Å². The van der Waals surface area contributed by atoms with E-state index in [9.17, 15) is 18.4 Å². The van der Waals surface area contributed by atoms with E-state index < -0.39 is 5.82 Å². The molecule has 2 N–H and O–H groups in total. The molecule has 0 aliphatic carbocycles. The lowest BCUT2D eigenvalue weighted by Crippen LogP contribution is -2.37. The molecule has 12 heteroatoms. The van der Waals surface area contributed by atoms with Crippen LogP contribution in [0.5, 0.6) is 0 Å². The van der Waals surface area contributed by atoms with Crippen LogP contribution in [0.25, 0.3) is 22.8 Å². The highest BCUT2D eigenvalue weighted by Crippen LogP contribution is 2.29. The first-order valence-corrected chi connectivity index (χ1v) is 12.6. The van der Waals surface area contributed by atoms with Gasteiger partial charge in [-0.05, 0) is 48.5 Å². The van der Waals surface area contributed by atoms with Crippen molar-refractivity contribution in [3.8, 4) is 22.8 Å². The summed E-state index contributed by atoms with van der Waals surface area (Å²) >= 11 is 1.32. The minimum Gasteiger partial charge on any atom is -0.335 e. The quantitative estimate of drug-likeness (QED) is 0.345. The van der Waals surface area contributed by atoms with Gasteiger partial charge in [0.15, 0.2) is 16.8 Å². The van der Waals surface area contributed by atoms with Crippen LogP contribution in [0.3, 0.4) is 0 Å². The number of hydrogen-bond acceptors (Lipinski definition) is 6. The van der Waals surface area contributed by atoms with Crippen LogP contribution < -0.4 is 10.6 Å². The molecule has 1 aliphatic heterocycles. The Balaban J connectivity index is 1.35. The van der Waals surface area contributed by atoms with Gasteiger partial charge in [-0.1, -0.05) is 17.4 Å². The van der Waals surface area contributed by atoms with Gasteiger partial charge in [0.05, 0.1) is 12.2 Å². The Labute approximate surface area is 220 Å². The third-order valence-corrected chi connectivity index (χ3v) is 6.87. The number of benzene rings is 2. The summed E-state index contributed by atoms with van der Waals surface area (Å²) in [6.07, 6.45) is 2.13. The SMILES string of the molecule is C=CCNC(=O)Nc1nc2c(s1)CN(C(=O)Cn1nc(-c3ccc(F)cc3)nc1-c1ccc(F)cc1)CC2. The molecule has 2 aromatic heterocycles. The lowest BCUT2D eigenvalue weighted by molar-refractivity contribution is -0.132. The molecule has 3 heterocycles. The number of thiazole rings is 1. The molecular formula is C26H23F2N7O2S. The Kier molecular flexibility index (Phi) is 7.22. The van der Waals surface area contributed by atoms with E-state index in [4.69, 9.17) is 0 Å². The molecule has 0 fully saturated rings. The fraction of sp³-hybridized carbons (Fsp3) is 0.192. The van der Waals surface area contributed by atoms with Crippen molar-refractivity contribution in [3.05, 3.63) is 83.4 Å². The summed E-state index contributed by atoms with van der Waals surface area (Å²) in [5, 5.41) is 10.3. The number of nitrogens with one attached hydrogen (secondary N) is 2. The lowest BCUT2D eigenvalue weighted by atomic mass is 10.2. The van der Waals surface area contributed by atoms with E-state index in [0.29, 0.717) is 54.0 Å². The lowest BCUT2D eigenvalue weighted by Gasteiger charge is -2.26. The molecule has 194 valence electrons. The molecule has 0 spiro atoms. The fourth-order valence-electron chi connectivity index (χ4n) is 3.98. The zero-order valence-electron chi connectivity index (χ0n) is 20.2. The van der Waals surface area contributed by atoms with E-state index in [1.807, 2.05) is 0 Å². The Morgan fingerprint density at radius 3 is 2.39 bits per heavy atom. The first-order chi connectivity index (χ1) is 18.4. The molecule has 3 amide bonds. The number of rotatable bonds is 7. The standard InChI is InChI=1S/C26H23F2N7O2S/c1-2-12-29-25(37)32-26-30-20-11-13-34(14-21(20)38-26)22(36)15-35-24(17-5-9-19(28)10-6-17)31-23(33-35)16-3-7-18(27)8-4-16/h2-10H,1,11-15H2,(H2,29,30,32,37). The van der Waals surface area contributed by atoms with Gasteiger partial charge in [-0.15, -0.1) is 11.7 Å². The number of urea groups is 1. The molecule has 0 saturated carbocycles. The summed E-state index contributed by atoms with van der Waals surface area (Å²) in [6, 6.07) is 11.1. The van der Waals surface area contributed by atoms with E-state index in [0.717, 1.165) is 10.6 Å². The summed E-state index contributed by atoms with van der Waals surface area (Å²) in [7, 11) is 0. The molecule has 1 aliphatic rings. The van der Waals surface area contributed by atoms with Gasteiger partial charge in [-0.3, -0.25) is 10.1 Å². The van der Waals surface area contributed by atoms with Crippen molar-refractivity contribution in [2.75, 3.05) is 18.4 Å². The van der Waals surface area contributed by atoms with Crippen LogP contribution in [0, 0.1) is 11.6 Å². The molecule has 0 saturated heterocycles. The molecule has 0 unspecified atom stereocenters. The van der Waals surface area contributed by atoms with Crippen molar-refractivity contribution >= 4 is 28.4 Å². The topological polar surface area (TPSA) is 105 Å². The average Bonchev–Trinajstić information content (AvgIpc) is 3.51. The Morgan fingerprint density at radius 2 is 1.71 bits per heavy atom. The normalized spacial score (nSPS) is 12.6. The summed E-state index contributed by atoms with van der Waals surface area (Å²) < 4.78 is 28.4. The van der Waals surface area contributed by atoms with Crippen molar-refractivity contribution in [2.45, 2.75) is 19.5 Å². The minimum absolute atomic E-state index is 0.0931. The molecule has 4 aromatic rings. The number of anilines is 1. The fourth-order valence-corrected chi connectivity index (χ4v) is 5.00. The first-order valence-electron chi connectivity index (χ1n) is 11.8. The summed E-state index contributed by atoms with van der Waals surface area (Å²) in [5.74, 6) is -0.238. The molecule has 0 bridgehead atoms. The van der Waals surface area contributed by atoms with Gasteiger partial charge in [0.1, 0.15) is 18.2 Å². The highest BCUT2D eigenvalue weighted by atomic mass is 32.1. The predicted molar refractivity (Wildman–Crippen MR) is 139 cm³/mol. The number of hydrogen-bond donors (Lipinski definition) is 2. The molecule has 9 nitrogen and oxygen atoms in total. The smallest absolute Gasteiger partial charge is 0.321 e. The first kappa shape index (κ1) is 25.2. The number of amides is 3. The molecular weight excluding hydrogens is 512 g/mol. The van der Waals surface area contributed by atoms with Crippen molar-refractivity contribution in [2.24, 2.45) is 0 Å². The summed E-state index contributed by atoms with van der Waals surface area (Å²) in [6.45, 7) is 4.62. The van der Waals surface area contributed by atoms with Gasteiger partial charge >= 0.3 is 6.03 Å². The number of fused-ring (bicyclic) bond motifs is 1. The van der Waals surface area contributed by atoms with Gasteiger partial charge < -0.3 is 10.2 Å². The van der Waals surface area contributed by atoms with E-state index in [1.54, 1.807) is 35.2 Å². The maximum Gasteiger partial charge on any atom is 0.321 e. The molecule has 0 atom stereocenters. The van der Waals surface area contributed by atoms with E-state index >= 15 is 0 Å². The number of aromatic nitrogens is 4. The van der Waals surface area contributed by atoms with Crippen LogP contribution in [-0.2, 0) is 24.3 Å². The van der Waals surface area contributed by atoms with Crippen molar-refractivity contribution in [1.82, 2.24) is 30.0 Å². The van der Waals surface area contributed by atoms with Gasteiger partial charge in [-0.2, -0.15) is 0 Å². The highest BCUT2D eigenvalue weighted by molar-refractivity contribution is 7.15. The second-order valence-corrected chi connectivity index (χ2v) is 9.59. The highest BCUT2D eigenvalue weighted by Gasteiger charge is 2.26. The van der Waals surface area contributed by atoms with Gasteiger partial charge in [-0.25, -0.2) is 28.2 Å². The van der Waals surface area contributed by atoms with Crippen LogP contribution in [0.15, 0.2) is 61.2 Å². The minimum atomic E-state index is -0.393. The second-order valence-electron chi connectivity index (χ2n) is 8.51. The second kappa shape index (κ2) is 10.9. The number of carbonyl (C=O) groups excluding carboxylic acids is 2. The van der Waals surface area contributed by atoms with Gasteiger partial charge in [0.25, 0.3) is 0 Å². The van der Waals surface area contributed by atoms with Gasteiger partial charge in [0.2, 0.25) is 5.91 Å². The largest absolute Gasteiger partial charge is 0.335 e. The molecule has 2 aromatic carbocycles. The van der Waals surface area contributed by atoms with Crippen LogP contribution in [0.1, 0.15) is 10.6 Å². The molecule has 38 heavy (non-hydrogen) atoms. The Morgan fingerprint density at radius 1 is 1.03 bits per heavy atom. The van der Waals surface area contributed by atoms with Crippen molar-refractivity contribution < 1.29 is 18.4 Å². The monoisotopic (exact) mass is 535 g/mol.